The standard InChI is InChI=1S/C18H24N6O6S/c25-16-15-14(24(16)31(28,29)30)7-10-23(15)18(27)22-12-3-1-11(2-4-12)20-17(26)21-13-5-8-19-9-6-13/h1-4,13-15,19H,5-10H2,(H,22,27)(H2,20,21,26)(H,28,29,30)/t14-,15+/m1/s1. The maximum atomic E-state index is 12.5. The van der Waals surface area contributed by atoms with E-state index in [0.717, 1.165) is 25.9 Å². The zero-order chi connectivity index (χ0) is 22.2. The molecule has 3 aliphatic heterocycles. The van der Waals surface area contributed by atoms with Gasteiger partial charge in [-0.15, -0.1) is 0 Å². The fourth-order valence-corrected chi connectivity index (χ4v) is 5.09. The number of amides is 5. The van der Waals surface area contributed by atoms with Gasteiger partial charge in [0, 0.05) is 24.0 Å². The summed E-state index contributed by atoms with van der Waals surface area (Å²) in [7, 11) is -4.62. The number of anilines is 2. The average Bonchev–Trinajstić information content (AvgIpc) is 3.08. The molecule has 0 aliphatic carbocycles. The molecule has 2 atom stereocenters. The van der Waals surface area contributed by atoms with Gasteiger partial charge in [0.2, 0.25) is 0 Å². The van der Waals surface area contributed by atoms with Crippen molar-refractivity contribution >= 4 is 39.6 Å². The molecule has 1 aromatic rings. The van der Waals surface area contributed by atoms with Gasteiger partial charge < -0.3 is 26.2 Å². The first kappa shape index (κ1) is 21.3. The lowest BCUT2D eigenvalue weighted by Crippen LogP contribution is -2.68. The zero-order valence-corrected chi connectivity index (χ0v) is 17.4. The molecular weight excluding hydrogens is 428 g/mol. The number of hydrogen-bond acceptors (Lipinski definition) is 6. The van der Waals surface area contributed by atoms with Crippen LogP contribution in [0, 0.1) is 0 Å². The van der Waals surface area contributed by atoms with Crippen molar-refractivity contribution in [3.63, 3.8) is 0 Å². The molecule has 3 heterocycles. The number of piperidine rings is 1. The second kappa shape index (κ2) is 8.32. The Morgan fingerprint density at radius 2 is 1.65 bits per heavy atom. The number of rotatable bonds is 4. The summed E-state index contributed by atoms with van der Waals surface area (Å²) in [4.78, 5) is 38.0. The van der Waals surface area contributed by atoms with E-state index in [0.29, 0.717) is 15.7 Å². The van der Waals surface area contributed by atoms with Crippen molar-refractivity contribution in [1.82, 2.24) is 19.8 Å². The van der Waals surface area contributed by atoms with Gasteiger partial charge in [-0.3, -0.25) is 9.35 Å². The van der Waals surface area contributed by atoms with Gasteiger partial charge in [0.05, 0.1) is 6.04 Å². The van der Waals surface area contributed by atoms with Gasteiger partial charge in [-0.1, -0.05) is 0 Å². The lowest BCUT2D eigenvalue weighted by molar-refractivity contribution is -0.143. The number of nitrogens with zero attached hydrogens (tertiary/aromatic N) is 2. The second-order valence-corrected chi connectivity index (χ2v) is 9.03. The van der Waals surface area contributed by atoms with Gasteiger partial charge >= 0.3 is 22.4 Å². The van der Waals surface area contributed by atoms with Gasteiger partial charge in [-0.25, -0.2) is 13.9 Å². The predicted molar refractivity (Wildman–Crippen MR) is 111 cm³/mol. The third kappa shape index (κ3) is 4.43. The van der Waals surface area contributed by atoms with Crippen molar-refractivity contribution in [1.29, 1.82) is 0 Å². The maximum Gasteiger partial charge on any atom is 0.362 e. The van der Waals surface area contributed by atoms with Crippen molar-refractivity contribution in [2.45, 2.75) is 37.4 Å². The number of hydrogen-bond donors (Lipinski definition) is 5. The normalized spacial score (nSPS) is 23.7. The number of nitrogens with one attached hydrogen (secondary N) is 4. The van der Waals surface area contributed by atoms with Crippen LogP contribution in [0.3, 0.4) is 0 Å². The molecule has 12 nitrogen and oxygen atoms in total. The summed E-state index contributed by atoms with van der Waals surface area (Å²) >= 11 is 0. The number of carbonyl (C=O) groups excluding carboxylic acids is 3. The molecule has 0 spiro atoms. The molecule has 3 saturated heterocycles. The average molecular weight is 452 g/mol. The fourth-order valence-electron chi connectivity index (χ4n) is 4.19. The number of benzene rings is 1. The van der Waals surface area contributed by atoms with Crippen molar-refractivity contribution in [2.75, 3.05) is 30.3 Å². The number of carbonyl (C=O) groups is 3. The molecule has 0 aromatic heterocycles. The summed E-state index contributed by atoms with van der Waals surface area (Å²) in [5.74, 6) is -0.820. The van der Waals surface area contributed by atoms with E-state index in [1.807, 2.05) is 0 Å². The Morgan fingerprint density at radius 1 is 1.03 bits per heavy atom. The Morgan fingerprint density at radius 3 is 2.26 bits per heavy atom. The fraction of sp³-hybridized carbons (Fsp3) is 0.500. The predicted octanol–water partition coefficient (Wildman–Crippen LogP) is 0.180. The van der Waals surface area contributed by atoms with Crippen LogP contribution in [0.1, 0.15) is 19.3 Å². The summed E-state index contributed by atoms with van der Waals surface area (Å²) in [6, 6.07) is 4.16. The smallest absolute Gasteiger partial charge is 0.335 e. The van der Waals surface area contributed by atoms with E-state index in [9.17, 15) is 22.8 Å². The first-order chi connectivity index (χ1) is 14.7. The Labute approximate surface area is 179 Å². The van der Waals surface area contributed by atoms with Gasteiger partial charge in [0.25, 0.3) is 5.91 Å². The molecule has 3 aliphatic rings. The Hall–Kier alpha value is -2.90. The second-order valence-electron chi connectivity index (χ2n) is 7.74. The molecule has 3 fully saturated rings. The molecule has 13 heteroatoms. The van der Waals surface area contributed by atoms with Crippen molar-refractivity contribution in [3.05, 3.63) is 24.3 Å². The Balaban J connectivity index is 1.30. The van der Waals surface area contributed by atoms with Crippen molar-refractivity contribution in [2.24, 2.45) is 0 Å². The highest BCUT2D eigenvalue weighted by atomic mass is 32.2. The highest BCUT2D eigenvalue weighted by molar-refractivity contribution is 7.84. The van der Waals surface area contributed by atoms with Crippen LogP contribution in [0.25, 0.3) is 0 Å². The molecule has 0 radical (unpaired) electrons. The Kier molecular flexibility index (Phi) is 5.73. The molecule has 5 N–H and O–H groups in total. The highest BCUT2D eigenvalue weighted by Gasteiger charge is 2.60. The van der Waals surface area contributed by atoms with Crippen LogP contribution < -0.4 is 21.3 Å². The zero-order valence-electron chi connectivity index (χ0n) is 16.6. The van der Waals surface area contributed by atoms with Crippen LogP contribution in [0.5, 0.6) is 0 Å². The van der Waals surface area contributed by atoms with Crippen LogP contribution in [0.4, 0.5) is 21.0 Å². The van der Waals surface area contributed by atoms with Gasteiger partial charge in [0.15, 0.2) is 0 Å². The Bertz CT molecular complexity index is 978. The molecule has 5 amide bonds. The number of urea groups is 2. The largest absolute Gasteiger partial charge is 0.362 e. The van der Waals surface area contributed by atoms with E-state index in [4.69, 9.17) is 4.55 Å². The van der Waals surface area contributed by atoms with Gasteiger partial charge in [-0.05, 0) is 56.6 Å². The number of fused-ring (bicyclic) bond motifs is 1. The van der Waals surface area contributed by atoms with E-state index in [1.165, 1.54) is 4.90 Å². The summed E-state index contributed by atoms with van der Waals surface area (Å²) in [6.07, 6.45) is 2.01. The van der Waals surface area contributed by atoms with Crippen LogP contribution in [-0.4, -0.2) is 77.9 Å². The lowest BCUT2D eigenvalue weighted by Gasteiger charge is -2.42. The monoisotopic (exact) mass is 452 g/mol. The third-order valence-electron chi connectivity index (χ3n) is 5.72. The summed E-state index contributed by atoms with van der Waals surface area (Å²) in [6.45, 7) is 1.93. The quantitative estimate of drug-likeness (QED) is 0.322. The summed E-state index contributed by atoms with van der Waals surface area (Å²) in [5.41, 5.74) is 1.01. The van der Waals surface area contributed by atoms with Gasteiger partial charge in [0.1, 0.15) is 6.04 Å². The maximum absolute atomic E-state index is 12.5. The van der Waals surface area contributed by atoms with Crippen LogP contribution in [0.2, 0.25) is 0 Å². The highest BCUT2D eigenvalue weighted by Crippen LogP contribution is 2.35. The van der Waals surface area contributed by atoms with E-state index in [1.54, 1.807) is 24.3 Å². The molecule has 31 heavy (non-hydrogen) atoms. The minimum absolute atomic E-state index is 0.134. The van der Waals surface area contributed by atoms with E-state index in [2.05, 4.69) is 21.3 Å². The van der Waals surface area contributed by atoms with Crippen molar-refractivity contribution in [3.8, 4) is 0 Å². The van der Waals surface area contributed by atoms with E-state index < -0.39 is 34.3 Å². The molecule has 4 rings (SSSR count). The van der Waals surface area contributed by atoms with Gasteiger partial charge in [-0.2, -0.15) is 8.42 Å². The molecular formula is C18H24N6O6S. The lowest BCUT2D eigenvalue weighted by atomic mass is 10.0. The third-order valence-corrected chi connectivity index (χ3v) is 6.66. The van der Waals surface area contributed by atoms with Crippen LogP contribution in [-0.2, 0) is 15.1 Å². The minimum atomic E-state index is -4.62. The minimum Gasteiger partial charge on any atom is -0.335 e. The molecule has 0 unspecified atom stereocenters. The summed E-state index contributed by atoms with van der Waals surface area (Å²) < 4.78 is 32.1. The van der Waals surface area contributed by atoms with E-state index in [-0.39, 0.29) is 25.0 Å². The molecule has 168 valence electrons. The SMILES string of the molecule is O=C(Nc1ccc(NC(=O)N2CC[C@@H]3[C@H]2C(=O)N3S(=O)(=O)O)cc1)NC1CCNCC1. The van der Waals surface area contributed by atoms with E-state index >= 15 is 0 Å². The van der Waals surface area contributed by atoms with Crippen LogP contribution >= 0.6 is 0 Å². The number of likely N-dealkylation sites (tertiary alicyclic amines) is 1. The number of β-lactam (4-membered cyclic amide) rings is 1. The van der Waals surface area contributed by atoms with Crippen LogP contribution in [0.15, 0.2) is 24.3 Å². The topological polar surface area (TPSA) is 160 Å². The first-order valence-electron chi connectivity index (χ1n) is 10.0. The van der Waals surface area contributed by atoms with Crippen molar-refractivity contribution < 1.29 is 27.4 Å². The molecule has 0 bridgehead atoms. The first-order valence-corrected chi connectivity index (χ1v) is 11.4. The molecule has 1 aromatic carbocycles. The molecule has 0 saturated carbocycles. The summed E-state index contributed by atoms with van der Waals surface area (Å²) in [5, 5.41) is 11.6.